The number of rotatable bonds is 8. The van der Waals surface area contributed by atoms with E-state index in [0.29, 0.717) is 10.6 Å². The Labute approximate surface area is 203 Å². The van der Waals surface area contributed by atoms with Gasteiger partial charge in [-0.15, -0.1) is 11.3 Å². The minimum atomic E-state index is -0.159. The number of imidazole rings is 1. The average Bonchev–Trinajstić information content (AvgIpc) is 3.43. The van der Waals surface area contributed by atoms with Crippen LogP contribution in [0.5, 0.6) is 0 Å². The van der Waals surface area contributed by atoms with E-state index >= 15 is 0 Å². The summed E-state index contributed by atoms with van der Waals surface area (Å²) in [6.45, 7) is 7.51. The summed E-state index contributed by atoms with van der Waals surface area (Å²) in [5.41, 5.74) is 1.54. The Morgan fingerprint density at radius 1 is 1.18 bits per heavy atom. The van der Waals surface area contributed by atoms with Crippen molar-refractivity contribution in [2.24, 2.45) is 5.41 Å². The number of hydrogen-bond acceptors (Lipinski definition) is 6. The van der Waals surface area contributed by atoms with Gasteiger partial charge in [0.15, 0.2) is 0 Å². The van der Waals surface area contributed by atoms with Crippen LogP contribution in [-0.2, 0) is 4.79 Å². The molecule has 0 saturated heterocycles. The number of nitrogens with one attached hydrogen (secondary N) is 1. The van der Waals surface area contributed by atoms with Gasteiger partial charge in [-0.05, 0) is 42.2 Å². The second kappa shape index (κ2) is 9.42. The normalized spacial score (nSPS) is 11.7. The van der Waals surface area contributed by atoms with E-state index in [9.17, 15) is 9.59 Å². The zero-order valence-electron chi connectivity index (χ0n) is 20.2. The molecule has 0 aliphatic carbocycles. The van der Waals surface area contributed by atoms with Crippen molar-refractivity contribution >= 4 is 50.5 Å². The molecule has 0 fully saturated rings. The fourth-order valence-electron chi connectivity index (χ4n) is 3.85. The van der Waals surface area contributed by atoms with E-state index in [1.165, 1.54) is 11.3 Å². The first kappa shape index (κ1) is 23.7. The highest BCUT2D eigenvalue weighted by molar-refractivity contribution is 7.20. The Morgan fingerprint density at radius 2 is 1.97 bits per heavy atom. The fraction of sp³-hybridized carbons (Fsp3) is 0.360. The number of fused-ring (bicyclic) bond motifs is 2. The standard InChI is InChI=1S/C25H30N6O2S/c1-17(32)29(4)12-10-25(2,3)16-30(5)22-8-6-18-14-20(34-24(18)28-22)23(33)27-19-7-9-21-26-11-13-31(21)15-19/h6-9,11,13-15H,10,12,16H2,1-5H3,(H,27,33). The number of carbonyl (C=O) groups is 2. The van der Waals surface area contributed by atoms with Gasteiger partial charge >= 0.3 is 0 Å². The van der Waals surface area contributed by atoms with Gasteiger partial charge in [-0.2, -0.15) is 0 Å². The number of anilines is 2. The quantitative estimate of drug-likeness (QED) is 0.402. The molecule has 0 spiro atoms. The van der Waals surface area contributed by atoms with Crippen molar-refractivity contribution in [1.82, 2.24) is 19.3 Å². The first-order valence-corrected chi connectivity index (χ1v) is 12.0. The maximum atomic E-state index is 12.8. The molecular weight excluding hydrogens is 448 g/mol. The maximum Gasteiger partial charge on any atom is 0.265 e. The van der Waals surface area contributed by atoms with Crippen molar-refractivity contribution in [3.05, 3.63) is 53.8 Å². The average molecular weight is 479 g/mol. The molecule has 4 aromatic heterocycles. The molecule has 0 saturated carbocycles. The van der Waals surface area contributed by atoms with Crippen LogP contribution in [0.2, 0.25) is 0 Å². The van der Waals surface area contributed by atoms with E-state index in [-0.39, 0.29) is 17.2 Å². The van der Waals surface area contributed by atoms with E-state index in [1.54, 1.807) is 18.0 Å². The summed E-state index contributed by atoms with van der Waals surface area (Å²) < 4.78 is 1.86. The van der Waals surface area contributed by atoms with Gasteiger partial charge in [0.25, 0.3) is 5.91 Å². The van der Waals surface area contributed by atoms with E-state index in [2.05, 4.69) is 29.0 Å². The molecule has 0 radical (unpaired) electrons. The van der Waals surface area contributed by atoms with Crippen molar-refractivity contribution in [2.45, 2.75) is 27.2 Å². The molecule has 0 aliphatic heterocycles. The second-order valence-electron chi connectivity index (χ2n) is 9.45. The zero-order valence-corrected chi connectivity index (χ0v) is 21.0. The second-order valence-corrected chi connectivity index (χ2v) is 10.5. The summed E-state index contributed by atoms with van der Waals surface area (Å²) in [4.78, 5) is 38.7. The molecule has 178 valence electrons. The topological polar surface area (TPSA) is 82.8 Å². The lowest BCUT2D eigenvalue weighted by Crippen LogP contribution is -2.35. The minimum absolute atomic E-state index is 0.00589. The molecule has 8 nitrogen and oxygen atoms in total. The summed E-state index contributed by atoms with van der Waals surface area (Å²) >= 11 is 1.38. The van der Waals surface area contributed by atoms with Crippen LogP contribution in [0.15, 0.2) is 48.9 Å². The van der Waals surface area contributed by atoms with Gasteiger partial charge in [0.05, 0.1) is 10.6 Å². The molecule has 0 atom stereocenters. The highest BCUT2D eigenvalue weighted by Crippen LogP contribution is 2.29. The molecule has 34 heavy (non-hydrogen) atoms. The fourth-order valence-corrected chi connectivity index (χ4v) is 4.77. The number of hydrogen-bond donors (Lipinski definition) is 1. The van der Waals surface area contributed by atoms with Crippen LogP contribution in [0.25, 0.3) is 15.9 Å². The number of nitrogens with zero attached hydrogens (tertiary/aromatic N) is 5. The highest BCUT2D eigenvalue weighted by atomic mass is 32.1. The third-order valence-corrected chi connectivity index (χ3v) is 7.00. The van der Waals surface area contributed by atoms with E-state index in [1.807, 2.05) is 61.2 Å². The third kappa shape index (κ3) is 5.36. The summed E-state index contributed by atoms with van der Waals surface area (Å²) in [5, 5.41) is 3.90. The Kier molecular flexibility index (Phi) is 6.56. The van der Waals surface area contributed by atoms with E-state index in [4.69, 9.17) is 4.98 Å². The number of thiophene rings is 1. The minimum Gasteiger partial charge on any atom is -0.359 e. The molecule has 0 aromatic carbocycles. The van der Waals surface area contributed by atoms with Gasteiger partial charge in [0.2, 0.25) is 5.91 Å². The Balaban J connectivity index is 1.44. The summed E-state index contributed by atoms with van der Waals surface area (Å²) in [6.07, 6.45) is 6.30. The van der Waals surface area contributed by atoms with Crippen LogP contribution in [0, 0.1) is 5.41 Å². The number of aromatic nitrogens is 3. The zero-order chi connectivity index (χ0) is 24.5. The number of pyridine rings is 2. The van der Waals surface area contributed by atoms with Gasteiger partial charge in [-0.25, -0.2) is 9.97 Å². The molecule has 1 N–H and O–H groups in total. The van der Waals surface area contributed by atoms with Crippen LogP contribution < -0.4 is 10.2 Å². The van der Waals surface area contributed by atoms with Crippen molar-refractivity contribution in [1.29, 1.82) is 0 Å². The summed E-state index contributed by atoms with van der Waals surface area (Å²) in [7, 11) is 3.86. The molecule has 2 amide bonds. The van der Waals surface area contributed by atoms with Gasteiger partial charge < -0.3 is 19.5 Å². The Bertz CT molecular complexity index is 1340. The van der Waals surface area contributed by atoms with Gasteiger partial charge in [-0.3, -0.25) is 9.59 Å². The molecule has 4 rings (SSSR count). The lowest BCUT2D eigenvalue weighted by molar-refractivity contribution is -0.127. The van der Waals surface area contributed by atoms with Crippen LogP contribution >= 0.6 is 11.3 Å². The molecule has 0 unspecified atom stereocenters. The van der Waals surface area contributed by atoms with Crippen LogP contribution in [-0.4, -0.2) is 58.3 Å². The van der Waals surface area contributed by atoms with Crippen molar-refractivity contribution in [3.63, 3.8) is 0 Å². The first-order valence-electron chi connectivity index (χ1n) is 11.2. The predicted octanol–water partition coefficient (Wildman–Crippen LogP) is 4.53. The lowest BCUT2D eigenvalue weighted by Gasteiger charge is -2.32. The van der Waals surface area contributed by atoms with Crippen molar-refractivity contribution in [2.75, 3.05) is 37.4 Å². The van der Waals surface area contributed by atoms with E-state index < -0.39 is 0 Å². The largest absolute Gasteiger partial charge is 0.359 e. The van der Waals surface area contributed by atoms with Crippen LogP contribution in [0.4, 0.5) is 11.5 Å². The van der Waals surface area contributed by atoms with Gasteiger partial charge in [0.1, 0.15) is 16.3 Å². The number of carbonyl (C=O) groups excluding carboxylic acids is 2. The smallest absolute Gasteiger partial charge is 0.265 e. The molecule has 4 heterocycles. The Hall–Kier alpha value is -3.46. The first-order chi connectivity index (χ1) is 16.1. The summed E-state index contributed by atoms with van der Waals surface area (Å²) in [5.74, 6) is 0.782. The summed E-state index contributed by atoms with van der Waals surface area (Å²) in [6, 6.07) is 9.58. The highest BCUT2D eigenvalue weighted by Gasteiger charge is 2.22. The monoisotopic (exact) mass is 478 g/mol. The van der Waals surface area contributed by atoms with Gasteiger partial charge in [0, 0.05) is 58.1 Å². The molecule has 9 heteroatoms. The van der Waals surface area contributed by atoms with Gasteiger partial charge in [-0.1, -0.05) is 13.8 Å². The van der Waals surface area contributed by atoms with Crippen molar-refractivity contribution in [3.8, 4) is 0 Å². The molecule has 0 bridgehead atoms. The number of amides is 2. The lowest BCUT2D eigenvalue weighted by atomic mass is 9.88. The van der Waals surface area contributed by atoms with E-state index in [0.717, 1.165) is 41.2 Å². The molecular formula is C25H30N6O2S. The predicted molar refractivity (Wildman–Crippen MR) is 138 cm³/mol. The molecule has 4 aromatic rings. The third-order valence-electron chi connectivity index (χ3n) is 5.96. The van der Waals surface area contributed by atoms with Crippen molar-refractivity contribution < 1.29 is 9.59 Å². The SMILES string of the molecule is CC(=O)N(C)CCC(C)(C)CN(C)c1ccc2cc(C(=O)Nc3ccc4nccn4c3)sc2n1. The maximum absolute atomic E-state index is 12.8. The van der Waals surface area contributed by atoms with Crippen LogP contribution in [0.1, 0.15) is 36.9 Å². The molecule has 0 aliphatic rings. The van der Waals surface area contributed by atoms with Crippen LogP contribution in [0.3, 0.4) is 0 Å². The Morgan fingerprint density at radius 3 is 2.74 bits per heavy atom.